The minimum Gasteiger partial charge on any atom is -0.394 e. The lowest BCUT2D eigenvalue weighted by Crippen LogP contribution is -2.60. The number of aromatic nitrogens is 1. The van der Waals surface area contributed by atoms with Crippen LogP contribution < -0.4 is 49.3 Å². The second-order valence-corrected chi connectivity index (χ2v) is 36.3. The molecule has 14 rings (SSSR count). The number of nitrogens with two attached hydrogens (primary N) is 2. The van der Waals surface area contributed by atoms with Crippen molar-refractivity contribution < 1.29 is 92.5 Å². The molecule has 29 nitrogen and oxygen atoms in total. The molecule has 29 heteroatoms. The third kappa shape index (κ3) is 35.8. The number of nitrogens with zero attached hydrogens (tertiary/aromatic N) is 1. The highest BCUT2D eigenvalue weighted by Crippen LogP contribution is 2.39. The minimum atomic E-state index is -1.57. The van der Waals surface area contributed by atoms with E-state index < -0.39 is 125 Å². The summed E-state index contributed by atoms with van der Waals surface area (Å²) in [5, 5.41) is 46.7. The molecule has 0 bridgehead atoms. The van der Waals surface area contributed by atoms with Gasteiger partial charge in [0.2, 0.25) is 24.0 Å². The molecular formula is C110H130N10O19. The monoisotopic (exact) mass is 1890 g/mol. The first-order valence-electron chi connectivity index (χ1n) is 47.9. The number of aliphatic hydroxyl groups is 4. The topological polar surface area (TPSA) is 447 Å². The number of pyridine rings is 1. The van der Waals surface area contributed by atoms with Crippen LogP contribution in [0, 0.1) is 5.92 Å². The van der Waals surface area contributed by atoms with Crippen molar-refractivity contribution in [3.05, 3.63) is 351 Å². The number of aryl methyl sites for hydroxylation is 8. The van der Waals surface area contributed by atoms with Crippen LogP contribution in [0.25, 0.3) is 0 Å². The Labute approximate surface area is 811 Å². The number of rotatable bonds is 43. The van der Waals surface area contributed by atoms with Crippen LogP contribution in [0.2, 0.25) is 0 Å². The highest BCUT2D eigenvalue weighted by Gasteiger charge is 2.56. The maximum atomic E-state index is 12.6. The second-order valence-electron chi connectivity index (χ2n) is 36.3. The highest BCUT2D eigenvalue weighted by atomic mass is 16.8. The summed E-state index contributed by atoms with van der Waals surface area (Å²) in [5.74, 6) is -5.04. The van der Waals surface area contributed by atoms with Gasteiger partial charge < -0.3 is 67.1 Å². The SMILES string of the molecule is CC(C)[C@H](N)C(=O)NC1(C(=O)ONC(=O)Cc2ccc(CCCCc3ccccc3)cc2)CC1.N[C@@H](Cc1ccccc1)C(=O)NC1(C(=O)ONC(=O)Cc2ccc(CCCCc3ccccc3)cc2)CC1.O=C(Cc1ccc(CCCCc2ccccc2)cc1)NOC(=O)C1(NC(=O)c2cccnc2)CC1.O=C(Cc1ccc(CCCCc2ccccc2)cc1)NO[C@@H]1O[C@H](CO)[C@@H](O)[C@H](O)[C@H]1O. The van der Waals surface area contributed by atoms with Crippen LogP contribution in [0.4, 0.5) is 0 Å². The molecule has 7 amide bonds. The van der Waals surface area contributed by atoms with Crippen molar-refractivity contribution in [1.29, 1.82) is 0 Å². The van der Waals surface area contributed by atoms with Crippen LogP contribution in [0.1, 0.15) is 186 Å². The van der Waals surface area contributed by atoms with E-state index in [9.17, 15) is 68.4 Å². The number of nitrogens with one attached hydrogen (secondary N) is 7. The molecule has 4 fully saturated rings. The van der Waals surface area contributed by atoms with Gasteiger partial charge in [-0.15, -0.1) is 0 Å². The zero-order valence-corrected chi connectivity index (χ0v) is 78.9. The molecule has 3 aliphatic carbocycles. The molecule has 0 unspecified atom stereocenters. The van der Waals surface area contributed by atoms with Gasteiger partial charge in [0.15, 0.2) is 0 Å². The minimum absolute atomic E-state index is 0.0489. The number of carbonyl (C=O) groups is 10. The number of carbonyl (C=O) groups excluding carboxylic acids is 10. The predicted molar refractivity (Wildman–Crippen MR) is 523 cm³/mol. The predicted octanol–water partition coefficient (Wildman–Crippen LogP) is 11.0. The molecule has 9 aromatic carbocycles. The Balaban J connectivity index is 0.000000178. The third-order valence-electron chi connectivity index (χ3n) is 24.6. The summed E-state index contributed by atoms with van der Waals surface area (Å²) in [5.41, 5.74) is 32.3. The zero-order valence-electron chi connectivity index (χ0n) is 78.9. The number of benzene rings is 9. The number of ether oxygens (including phenoxy) is 1. The molecule has 15 N–H and O–H groups in total. The number of unbranched alkanes of at least 4 members (excludes halogenated alkanes) is 4. The average Bonchev–Trinajstić information content (AvgIpc) is 1.55. The van der Waals surface area contributed by atoms with Gasteiger partial charge in [0.25, 0.3) is 23.6 Å². The Morgan fingerprint density at radius 2 is 0.647 bits per heavy atom. The first-order chi connectivity index (χ1) is 67.2. The average molecular weight is 1900 g/mol. The normalized spacial score (nSPS) is 16.8. The van der Waals surface area contributed by atoms with Gasteiger partial charge >= 0.3 is 17.9 Å². The summed E-state index contributed by atoms with van der Waals surface area (Å²) >= 11 is 0. The number of aliphatic hydroxyl groups excluding tert-OH is 4. The molecule has 4 aliphatic rings. The lowest BCUT2D eigenvalue weighted by Gasteiger charge is -2.39. The first-order valence-corrected chi connectivity index (χ1v) is 47.9. The summed E-state index contributed by atoms with van der Waals surface area (Å²) < 4.78 is 5.17. The van der Waals surface area contributed by atoms with Crippen molar-refractivity contribution in [3.63, 3.8) is 0 Å². The summed E-state index contributed by atoms with van der Waals surface area (Å²) in [4.78, 5) is 147. The quantitative estimate of drug-likeness (QED) is 0.00959. The van der Waals surface area contributed by atoms with Crippen LogP contribution >= 0.6 is 0 Å². The second kappa shape index (κ2) is 54.6. The van der Waals surface area contributed by atoms with Crippen molar-refractivity contribution in [1.82, 2.24) is 42.9 Å². The van der Waals surface area contributed by atoms with Gasteiger partial charge in [0.1, 0.15) is 41.0 Å². The van der Waals surface area contributed by atoms with Crippen LogP contribution in [-0.4, -0.2) is 151 Å². The van der Waals surface area contributed by atoms with Gasteiger partial charge in [-0.1, -0.05) is 263 Å². The van der Waals surface area contributed by atoms with Crippen molar-refractivity contribution in [2.75, 3.05) is 6.61 Å². The largest absolute Gasteiger partial charge is 0.394 e. The molecular weight excluding hydrogens is 1770 g/mol. The molecule has 1 aromatic heterocycles. The van der Waals surface area contributed by atoms with E-state index in [0.717, 1.165) is 131 Å². The number of hydroxylamine groups is 4. The van der Waals surface area contributed by atoms with E-state index in [1.807, 2.05) is 166 Å². The maximum Gasteiger partial charge on any atom is 0.357 e. The van der Waals surface area contributed by atoms with Gasteiger partial charge in [-0.25, -0.2) is 24.7 Å². The maximum absolute atomic E-state index is 12.6. The van der Waals surface area contributed by atoms with E-state index in [1.165, 1.54) is 50.7 Å². The first kappa shape index (κ1) is 106. The van der Waals surface area contributed by atoms with Gasteiger partial charge in [-0.3, -0.25) is 38.5 Å². The van der Waals surface area contributed by atoms with E-state index in [-0.39, 0.29) is 31.6 Å². The van der Waals surface area contributed by atoms with Gasteiger partial charge in [0, 0.05) is 12.4 Å². The molecule has 2 heterocycles. The number of hydrogen-bond acceptors (Lipinski definition) is 22. The van der Waals surface area contributed by atoms with Crippen molar-refractivity contribution in [2.45, 2.75) is 247 Å². The summed E-state index contributed by atoms with van der Waals surface area (Å²) in [6.45, 7) is 3.10. The lowest BCUT2D eigenvalue weighted by atomic mass is 9.99. The Morgan fingerprint density at radius 1 is 0.360 bits per heavy atom. The van der Waals surface area contributed by atoms with Crippen LogP contribution in [0.15, 0.2) is 273 Å². The van der Waals surface area contributed by atoms with Gasteiger partial charge in [-0.2, -0.15) is 16.4 Å². The molecule has 0 spiro atoms. The van der Waals surface area contributed by atoms with Crippen LogP contribution in [-0.2, 0) is 151 Å². The van der Waals surface area contributed by atoms with Crippen molar-refractivity contribution in [3.8, 4) is 0 Å². The molecule has 3 saturated carbocycles. The molecule has 1 saturated heterocycles. The summed E-state index contributed by atoms with van der Waals surface area (Å²) in [7, 11) is 0. The fraction of sp³-hybridized carbons (Fsp3) is 0.373. The lowest BCUT2D eigenvalue weighted by molar-refractivity contribution is -0.313. The summed E-state index contributed by atoms with van der Waals surface area (Å²) in [6, 6.07) is 84.5. The van der Waals surface area contributed by atoms with Gasteiger partial charge in [-0.05, 0) is 238 Å². The van der Waals surface area contributed by atoms with E-state index in [1.54, 1.807) is 18.3 Å². The van der Waals surface area contributed by atoms with Gasteiger partial charge in [0.05, 0.1) is 49.9 Å². The highest BCUT2D eigenvalue weighted by molar-refractivity contribution is 5.99. The van der Waals surface area contributed by atoms with E-state index in [2.05, 4.69) is 140 Å². The standard InChI is InChI=1S/C31H35N3O4.C28H29N3O4.C27H35N3O4.C24H31NO7/c32-27(21-25-13-5-2-6-14-25)29(36)33-31(19-20-31)30(37)38-34-28(35)22-26-17-15-24(16-18-26)12-8-7-11-23-9-3-1-4-10-23;32-25(31-35-27(34)28(16-17-28)30-26(33)24-11-6-18-29-20-24)19-23-14-12-22(13-15-23)10-5-4-9-21-7-2-1-3-8-21;1-19(2)24(28)25(32)29-27(16-17-27)26(33)34-30-23(31)18-22-14-12-21(13-15-22)11-7-6-10-20-8-4-3-5-9-20;26-15-19-21(28)22(29)23(30)24(31-19)32-25-20(27)14-18-12-10-17(11-13-18)9-5-4-8-16-6-2-1-3-7-16/h1-6,9-10,13-18,27H,7-8,11-12,19-22,32H2,(H,33,36)(H,34,35);1-3,6-8,11-15,18,20H,4-5,9-10,16-17,19H2,(H,30,33)(H,31,32);3-5,8-9,12-15,19,24H,6-7,10-11,16-18,28H2,1-2H3,(H,29,32)(H,30,31);1-3,6-7,10-13,19,21-24,26,28-30H,4-5,8-9,14-15H2,(H,25,27)/t27-;;24-;19-,21-,22+,23-,24+/m0.01/s1. The molecule has 7 atom stereocenters. The van der Waals surface area contributed by atoms with Crippen molar-refractivity contribution in [2.24, 2.45) is 17.4 Å². The third-order valence-corrected chi connectivity index (χ3v) is 24.6. The number of amides is 7. The Kier molecular flexibility index (Phi) is 41.6. The Morgan fingerprint density at radius 3 is 0.942 bits per heavy atom. The Bertz CT molecular complexity index is 5510. The van der Waals surface area contributed by atoms with E-state index in [0.29, 0.717) is 50.5 Å². The smallest absolute Gasteiger partial charge is 0.357 e. The Hall–Kier alpha value is -13.5. The summed E-state index contributed by atoms with van der Waals surface area (Å²) in [6.07, 6.45) is 16.4. The fourth-order valence-electron chi connectivity index (χ4n) is 15.5. The molecule has 734 valence electrons. The van der Waals surface area contributed by atoms with Crippen LogP contribution in [0.5, 0.6) is 0 Å². The van der Waals surface area contributed by atoms with Crippen molar-refractivity contribution >= 4 is 59.3 Å². The molecule has 139 heavy (non-hydrogen) atoms. The molecule has 1 aliphatic heterocycles. The van der Waals surface area contributed by atoms with Crippen LogP contribution in [0.3, 0.4) is 0 Å². The van der Waals surface area contributed by atoms with E-state index in [4.69, 9.17) is 35.6 Å². The zero-order chi connectivity index (χ0) is 98.8. The van der Waals surface area contributed by atoms with E-state index >= 15 is 0 Å². The molecule has 10 aromatic rings. The fourth-order valence-corrected chi connectivity index (χ4v) is 15.5. The molecule has 0 radical (unpaired) electrons. The number of hydrogen-bond donors (Lipinski definition) is 13.